The van der Waals surface area contributed by atoms with E-state index in [0.717, 1.165) is 41.3 Å². The molecule has 0 aromatic heterocycles. The Labute approximate surface area is 179 Å². The molecule has 1 unspecified atom stereocenters. The number of ether oxygens (including phenoxy) is 1. The number of anilines is 1. The summed E-state index contributed by atoms with van der Waals surface area (Å²) in [4.78, 5) is 28.1. The lowest BCUT2D eigenvalue weighted by atomic mass is 9.94. The first-order valence-electron chi connectivity index (χ1n) is 10.1. The summed E-state index contributed by atoms with van der Waals surface area (Å²) in [6.07, 6.45) is 5.45. The number of hydrogen-bond donors (Lipinski definition) is 1. The first-order chi connectivity index (χ1) is 14.0. The summed E-state index contributed by atoms with van der Waals surface area (Å²) in [7, 11) is 0. The minimum atomic E-state index is -0.759. The third kappa shape index (κ3) is 4.17. The van der Waals surface area contributed by atoms with Crippen LogP contribution in [-0.2, 0) is 9.59 Å². The summed E-state index contributed by atoms with van der Waals surface area (Å²) in [6.45, 7) is 1.90. The van der Waals surface area contributed by atoms with Crippen molar-refractivity contribution in [1.29, 1.82) is 0 Å². The van der Waals surface area contributed by atoms with Gasteiger partial charge in [-0.1, -0.05) is 59.5 Å². The molecular weight excluding hydrogens is 432 g/mol. The van der Waals surface area contributed by atoms with Gasteiger partial charge in [0.2, 0.25) is 5.91 Å². The lowest BCUT2D eigenvalue weighted by Gasteiger charge is -2.36. The molecule has 5 nitrogen and oxygen atoms in total. The van der Waals surface area contributed by atoms with Gasteiger partial charge < -0.3 is 10.1 Å². The van der Waals surface area contributed by atoms with Crippen LogP contribution in [0.25, 0.3) is 0 Å². The van der Waals surface area contributed by atoms with Crippen molar-refractivity contribution in [2.45, 2.75) is 51.1 Å². The van der Waals surface area contributed by atoms with Crippen molar-refractivity contribution in [2.24, 2.45) is 0 Å². The molecule has 152 valence electrons. The standard InChI is InChI=1S/C23H25BrN2O3/c1-15-11-12-19-20(13-15)29-14-21(27)26(19)22(17-9-5-6-10-18(17)24)23(28)25-16-7-3-2-4-8-16/h5-6,9-13,16,22H,2-4,7-8,14H2,1H3,(H,25,28). The van der Waals surface area contributed by atoms with E-state index in [-0.39, 0.29) is 24.5 Å². The minimum absolute atomic E-state index is 0.0753. The molecule has 1 N–H and O–H groups in total. The van der Waals surface area contributed by atoms with Gasteiger partial charge in [-0.05, 0) is 49.1 Å². The fourth-order valence-electron chi connectivity index (χ4n) is 4.18. The molecule has 1 fully saturated rings. The Balaban J connectivity index is 1.75. The molecule has 1 aliphatic heterocycles. The number of rotatable bonds is 4. The number of halogens is 1. The lowest BCUT2D eigenvalue weighted by Crippen LogP contribution is -2.50. The Bertz CT molecular complexity index is 924. The fourth-order valence-corrected chi connectivity index (χ4v) is 4.69. The molecule has 2 aromatic rings. The van der Waals surface area contributed by atoms with Gasteiger partial charge in [-0.25, -0.2) is 0 Å². The molecule has 0 spiro atoms. The van der Waals surface area contributed by atoms with E-state index in [2.05, 4.69) is 21.2 Å². The van der Waals surface area contributed by atoms with Gasteiger partial charge in [-0.3, -0.25) is 14.5 Å². The third-order valence-corrected chi connectivity index (χ3v) is 6.37. The van der Waals surface area contributed by atoms with E-state index in [1.165, 1.54) is 6.42 Å². The number of carbonyl (C=O) groups is 2. The predicted molar refractivity (Wildman–Crippen MR) is 116 cm³/mol. The second-order valence-corrected chi connectivity index (χ2v) is 8.65. The number of carbonyl (C=O) groups excluding carboxylic acids is 2. The summed E-state index contributed by atoms with van der Waals surface area (Å²) in [5.74, 6) is 0.263. The van der Waals surface area contributed by atoms with E-state index >= 15 is 0 Å². The van der Waals surface area contributed by atoms with Crippen molar-refractivity contribution < 1.29 is 14.3 Å². The van der Waals surface area contributed by atoms with Crippen LogP contribution >= 0.6 is 15.9 Å². The topological polar surface area (TPSA) is 58.6 Å². The van der Waals surface area contributed by atoms with Crippen LogP contribution in [0.5, 0.6) is 5.75 Å². The maximum atomic E-state index is 13.5. The van der Waals surface area contributed by atoms with Gasteiger partial charge in [0.15, 0.2) is 6.61 Å². The van der Waals surface area contributed by atoms with Crippen LogP contribution in [-0.4, -0.2) is 24.5 Å². The van der Waals surface area contributed by atoms with Crippen LogP contribution in [0, 0.1) is 6.92 Å². The molecule has 0 radical (unpaired) electrons. The maximum absolute atomic E-state index is 13.5. The Morgan fingerprint density at radius 2 is 1.93 bits per heavy atom. The quantitative estimate of drug-likeness (QED) is 0.726. The van der Waals surface area contributed by atoms with Gasteiger partial charge in [0, 0.05) is 10.5 Å². The van der Waals surface area contributed by atoms with Crippen molar-refractivity contribution in [3.63, 3.8) is 0 Å². The molecule has 2 amide bonds. The molecule has 2 aromatic carbocycles. The molecule has 1 aliphatic carbocycles. The fraction of sp³-hybridized carbons (Fsp3) is 0.391. The average Bonchev–Trinajstić information content (AvgIpc) is 2.72. The Morgan fingerprint density at radius 3 is 2.69 bits per heavy atom. The molecule has 0 saturated heterocycles. The van der Waals surface area contributed by atoms with Crippen LogP contribution in [0.15, 0.2) is 46.9 Å². The summed E-state index contributed by atoms with van der Waals surface area (Å²) >= 11 is 3.58. The third-order valence-electron chi connectivity index (χ3n) is 5.65. The Kier molecular flexibility index (Phi) is 5.90. The highest BCUT2D eigenvalue weighted by Gasteiger charge is 2.38. The van der Waals surface area contributed by atoms with Crippen molar-refractivity contribution in [3.05, 3.63) is 58.1 Å². The van der Waals surface area contributed by atoms with Gasteiger partial charge in [0.25, 0.3) is 5.91 Å². The van der Waals surface area contributed by atoms with E-state index in [0.29, 0.717) is 11.4 Å². The molecule has 4 rings (SSSR count). The largest absolute Gasteiger partial charge is 0.482 e. The van der Waals surface area contributed by atoms with Gasteiger partial charge in [-0.2, -0.15) is 0 Å². The van der Waals surface area contributed by atoms with Crippen LogP contribution in [0.2, 0.25) is 0 Å². The minimum Gasteiger partial charge on any atom is -0.482 e. The average molecular weight is 457 g/mol. The van der Waals surface area contributed by atoms with Crippen molar-refractivity contribution in [2.75, 3.05) is 11.5 Å². The van der Waals surface area contributed by atoms with Crippen LogP contribution in [0.4, 0.5) is 5.69 Å². The van der Waals surface area contributed by atoms with Crippen molar-refractivity contribution in [1.82, 2.24) is 5.32 Å². The predicted octanol–water partition coefficient (Wildman–Crippen LogP) is 4.67. The first kappa shape index (κ1) is 20.0. The highest BCUT2D eigenvalue weighted by Crippen LogP contribution is 2.40. The molecule has 29 heavy (non-hydrogen) atoms. The molecule has 0 bridgehead atoms. The van der Waals surface area contributed by atoms with Gasteiger partial charge >= 0.3 is 0 Å². The lowest BCUT2D eigenvalue weighted by molar-refractivity contribution is -0.128. The normalized spacial score (nSPS) is 18.0. The monoisotopic (exact) mass is 456 g/mol. The number of nitrogens with one attached hydrogen (secondary N) is 1. The zero-order valence-electron chi connectivity index (χ0n) is 16.5. The highest BCUT2D eigenvalue weighted by atomic mass is 79.9. The highest BCUT2D eigenvalue weighted by molar-refractivity contribution is 9.10. The van der Waals surface area contributed by atoms with Gasteiger partial charge in [0.1, 0.15) is 11.8 Å². The molecule has 2 aliphatic rings. The van der Waals surface area contributed by atoms with E-state index in [1.54, 1.807) is 4.90 Å². The van der Waals surface area contributed by atoms with Crippen molar-refractivity contribution >= 4 is 33.4 Å². The summed E-state index contributed by atoms with van der Waals surface area (Å²) in [5, 5.41) is 3.21. The molecule has 1 atom stereocenters. The van der Waals surface area contributed by atoms with Gasteiger partial charge in [-0.15, -0.1) is 0 Å². The van der Waals surface area contributed by atoms with E-state index < -0.39 is 6.04 Å². The van der Waals surface area contributed by atoms with Gasteiger partial charge in [0.05, 0.1) is 5.69 Å². The zero-order valence-corrected chi connectivity index (χ0v) is 18.1. The number of nitrogens with zero attached hydrogens (tertiary/aromatic N) is 1. The molecule has 6 heteroatoms. The van der Waals surface area contributed by atoms with E-state index in [4.69, 9.17) is 4.74 Å². The maximum Gasteiger partial charge on any atom is 0.266 e. The smallest absolute Gasteiger partial charge is 0.266 e. The molecule has 1 saturated carbocycles. The Morgan fingerprint density at radius 1 is 1.17 bits per heavy atom. The second-order valence-electron chi connectivity index (χ2n) is 7.79. The number of fused-ring (bicyclic) bond motifs is 1. The van der Waals surface area contributed by atoms with E-state index in [1.807, 2.05) is 49.4 Å². The number of benzene rings is 2. The number of hydrogen-bond acceptors (Lipinski definition) is 3. The number of amides is 2. The van der Waals surface area contributed by atoms with Crippen LogP contribution in [0.3, 0.4) is 0 Å². The Hall–Kier alpha value is -2.34. The SMILES string of the molecule is Cc1ccc2c(c1)OCC(=O)N2C(C(=O)NC1CCCCC1)c1ccccc1Br. The van der Waals surface area contributed by atoms with Crippen LogP contribution < -0.4 is 15.0 Å². The second kappa shape index (κ2) is 8.57. The number of aryl methyl sites for hydroxylation is 1. The zero-order chi connectivity index (χ0) is 20.4. The van der Waals surface area contributed by atoms with E-state index in [9.17, 15) is 9.59 Å². The van der Waals surface area contributed by atoms with Crippen LogP contribution in [0.1, 0.15) is 49.3 Å². The summed E-state index contributed by atoms with van der Waals surface area (Å²) < 4.78 is 6.46. The first-order valence-corrected chi connectivity index (χ1v) is 10.9. The van der Waals surface area contributed by atoms with Crippen molar-refractivity contribution in [3.8, 4) is 5.75 Å². The molecule has 1 heterocycles. The molecular formula is C23H25BrN2O3. The summed E-state index contributed by atoms with van der Waals surface area (Å²) in [5.41, 5.74) is 2.44. The summed E-state index contributed by atoms with van der Waals surface area (Å²) in [6, 6.07) is 12.7.